The molecule has 1 aliphatic carbocycles. The zero-order chi connectivity index (χ0) is 27.4. The first kappa shape index (κ1) is 27.8. The Balaban J connectivity index is 1.74. The molecular weight excluding hydrogens is 480 g/mol. The quantitative estimate of drug-likeness (QED) is 0.347. The highest BCUT2D eigenvalue weighted by molar-refractivity contribution is 6.02. The number of allylic oxidation sites excluding steroid dienone is 1. The van der Waals surface area contributed by atoms with Crippen LogP contribution in [0.3, 0.4) is 0 Å². The Hall–Kier alpha value is -3.19. The summed E-state index contributed by atoms with van der Waals surface area (Å²) in [6.07, 6.45) is 6.11. The topological polar surface area (TPSA) is 95.9 Å². The van der Waals surface area contributed by atoms with Gasteiger partial charge in [0.15, 0.2) is 0 Å². The summed E-state index contributed by atoms with van der Waals surface area (Å²) in [6.45, 7) is 7.84. The number of amides is 2. The molecule has 0 radical (unpaired) electrons. The van der Waals surface area contributed by atoms with E-state index in [1.54, 1.807) is 11.8 Å². The van der Waals surface area contributed by atoms with E-state index in [4.69, 9.17) is 4.74 Å². The Morgan fingerprint density at radius 2 is 1.82 bits per heavy atom. The Morgan fingerprint density at radius 1 is 1.08 bits per heavy atom. The molecule has 6 atom stereocenters. The lowest BCUT2D eigenvalue weighted by Crippen LogP contribution is -2.51. The first-order valence-electron chi connectivity index (χ1n) is 13.9. The standard InChI is InChI=1S/C31H40N2O5/c1-5-9-21-13-15-25-27(26(21)31(37)38-6-2)30(36)33(24(18-34)16-19(3)4)28(25)29(35)32-23-14-12-20-10-7-8-11-22(20)17-23/h7-8,10-15,17,19,21,24-28,34H,5-6,9,16,18H2,1-4H3,(H,32,35)/t21-,24-,25+,26-,27-,28+/m1/s1. The summed E-state index contributed by atoms with van der Waals surface area (Å²) < 4.78 is 5.44. The number of carbonyl (C=O) groups is 3. The van der Waals surface area contributed by atoms with Crippen molar-refractivity contribution in [3.63, 3.8) is 0 Å². The van der Waals surface area contributed by atoms with Gasteiger partial charge in [0, 0.05) is 11.6 Å². The number of nitrogens with zero attached hydrogens (tertiary/aromatic N) is 1. The van der Waals surface area contributed by atoms with Crippen LogP contribution in [0.1, 0.15) is 47.0 Å². The summed E-state index contributed by atoms with van der Waals surface area (Å²) >= 11 is 0. The van der Waals surface area contributed by atoms with E-state index in [9.17, 15) is 19.5 Å². The third-order valence-electron chi connectivity index (χ3n) is 7.86. The fourth-order valence-corrected chi connectivity index (χ4v) is 6.31. The Kier molecular flexibility index (Phi) is 8.87. The average Bonchev–Trinajstić information content (AvgIpc) is 3.19. The molecule has 2 aromatic rings. The van der Waals surface area contributed by atoms with Gasteiger partial charge in [-0.3, -0.25) is 14.4 Å². The Morgan fingerprint density at radius 3 is 2.47 bits per heavy atom. The van der Waals surface area contributed by atoms with Crippen LogP contribution >= 0.6 is 0 Å². The van der Waals surface area contributed by atoms with E-state index in [-0.39, 0.29) is 36.9 Å². The van der Waals surface area contributed by atoms with Crippen molar-refractivity contribution in [3.8, 4) is 0 Å². The lowest BCUT2D eigenvalue weighted by Gasteiger charge is -2.34. The number of likely N-dealkylation sites (tertiary alicyclic amines) is 1. The van der Waals surface area contributed by atoms with Gasteiger partial charge in [-0.1, -0.05) is 69.7 Å². The molecule has 1 saturated heterocycles. The molecule has 1 aliphatic heterocycles. The molecule has 2 aliphatic rings. The third kappa shape index (κ3) is 5.48. The number of aliphatic hydroxyl groups is 1. The summed E-state index contributed by atoms with van der Waals surface area (Å²) in [5, 5.41) is 15.5. The number of nitrogens with one attached hydrogen (secondary N) is 1. The third-order valence-corrected chi connectivity index (χ3v) is 7.86. The zero-order valence-corrected chi connectivity index (χ0v) is 22.8. The number of esters is 1. The monoisotopic (exact) mass is 520 g/mol. The predicted octanol–water partition coefficient (Wildman–Crippen LogP) is 4.79. The van der Waals surface area contributed by atoms with Crippen LogP contribution < -0.4 is 5.32 Å². The van der Waals surface area contributed by atoms with Gasteiger partial charge in [-0.25, -0.2) is 0 Å². The minimum Gasteiger partial charge on any atom is -0.466 e. The maximum atomic E-state index is 14.1. The van der Waals surface area contributed by atoms with Crippen molar-refractivity contribution in [2.24, 2.45) is 29.6 Å². The van der Waals surface area contributed by atoms with Crippen LogP contribution in [0.5, 0.6) is 0 Å². The lowest BCUT2D eigenvalue weighted by molar-refractivity contribution is -0.156. The van der Waals surface area contributed by atoms with Gasteiger partial charge in [-0.05, 0) is 54.5 Å². The molecule has 204 valence electrons. The number of benzene rings is 2. The number of ether oxygens (including phenoxy) is 1. The maximum absolute atomic E-state index is 14.1. The molecule has 1 fully saturated rings. The Bertz CT molecular complexity index is 1190. The molecule has 2 N–H and O–H groups in total. The van der Waals surface area contributed by atoms with Gasteiger partial charge >= 0.3 is 5.97 Å². The highest BCUT2D eigenvalue weighted by atomic mass is 16.5. The maximum Gasteiger partial charge on any atom is 0.310 e. The Labute approximate surface area is 225 Å². The van der Waals surface area contributed by atoms with Gasteiger partial charge in [0.2, 0.25) is 11.8 Å². The van der Waals surface area contributed by atoms with Gasteiger partial charge in [0.1, 0.15) is 6.04 Å². The first-order valence-corrected chi connectivity index (χ1v) is 13.9. The minimum atomic E-state index is -0.842. The average molecular weight is 521 g/mol. The number of carbonyl (C=O) groups excluding carboxylic acids is 3. The van der Waals surface area contributed by atoms with E-state index in [0.29, 0.717) is 12.1 Å². The van der Waals surface area contributed by atoms with Gasteiger partial charge in [0.25, 0.3) is 0 Å². The smallest absolute Gasteiger partial charge is 0.310 e. The van der Waals surface area contributed by atoms with Gasteiger partial charge < -0.3 is 20.1 Å². The summed E-state index contributed by atoms with van der Waals surface area (Å²) in [7, 11) is 0. The molecule has 0 spiro atoms. The van der Waals surface area contributed by atoms with Crippen LogP contribution in [0.2, 0.25) is 0 Å². The van der Waals surface area contributed by atoms with E-state index in [2.05, 4.69) is 12.2 Å². The van der Waals surface area contributed by atoms with E-state index < -0.39 is 35.8 Å². The van der Waals surface area contributed by atoms with E-state index in [1.807, 2.05) is 68.5 Å². The molecule has 0 saturated carbocycles. The molecule has 0 bridgehead atoms. The number of aliphatic hydroxyl groups excluding tert-OH is 1. The highest BCUT2D eigenvalue weighted by Gasteiger charge is 2.58. The van der Waals surface area contributed by atoms with Crippen LogP contribution in [0, 0.1) is 29.6 Å². The molecular formula is C31H40N2O5. The zero-order valence-electron chi connectivity index (χ0n) is 22.8. The number of rotatable bonds is 10. The molecule has 7 nitrogen and oxygen atoms in total. The van der Waals surface area contributed by atoms with Crippen molar-refractivity contribution in [1.29, 1.82) is 0 Å². The van der Waals surface area contributed by atoms with Crippen LogP contribution in [0.4, 0.5) is 5.69 Å². The summed E-state index contributed by atoms with van der Waals surface area (Å²) in [5.74, 6) is -2.74. The number of anilines is 1. The summed E-state index contributed by atoms with van der Waals surface area (Å²) in [4.78, 5) is 42.8. The van der Waals surface area contributed by atoms with Gasteiger partial charge in [-0.15, -0.1) is 0 Å². The van der Waals surface area contributed by atoms with E-state index >= 15 is 0 Å². The summed E-state index contributed by atoms with van der Waals surface area (Å²) in [5.41, 5.74) is 0.638. The molecule has 2 amide bonds. The van der Waals surface area contributed by atoms with Crippen molar-refractivity contribution < 1.29 is 24.2 Å². The SMILES string of the molecule is CCC[C@@H]1C=C[C@H]2[C@@H](C(=O)N([C@@H](CO)CC(C)C)[C@@H]2C(=O)Nc2ccc3ccccc3c2)[C@@H]1C(=O)OCC. The predicted molar refractivity (Wildman–Crippen MR) is 148 cm³/mol. The second-order valence-corrected chi connectivity index (χ2v) is 10.9. The van der Waals surface area contributed by atoms with Crippen molar-refractivity contribution >= 4 is 34.2 Å². The fourth-order valence-electron chi connectivity index (χ4n) is 6.31. The second kappa shape index (κ2) is 12.1. The minimum absolute atomic E-state index is 0.133. The fraction of sp³-hybridized carbons (Fsp3) is 0.516. The number of hydrogen-bond acceptors (Lipinski definition) is 5. The van der Waals surface area contributed by atoms with Crippen molar-refractivity contribution in [3.05, 3.63) is 54.6 Å². The van der Waals surface area contributed by atoms with Crippen molar-refractivity contribution in [2.45, 2.75) is 59.0 Å². The lowest BCUT2D eigenvalue weighted by atomic mass is 9.69. The molecule has 7 heteroatoms. The normalized spacial score (nSPS) is 25.5. The molecule has 0 unspecified atom stereocenters. The van der Waals surface area contributed by atoms with Crippen LogP contribution in [0.25, 0.3) is 10.8 Å². The van der Waals surface area contributed by atoms with Crippen molar-refractivity contribution in [2.75, 3.05) is 18.5 Å². The van der Waals surface area contributed by atoms with Crippen molar-refractivity contribution in [1.82, 2.24) is 4.90 Å². The largest absolute Gasteiger partial charge is 0.466 e. The van der Waals surface area contributed by atoms with Crippen LogP contribution in [0.15, 0.2) is 54.6 Å². The van der Waals surface area contributed by atoms with Crippen LogP contribution in [-0.4, -0.2) is 53.1 Å². The second-order valence-electron chi connectivity index (χ2n) is 10.9. The first-order chi connectivity index (χ1) is 18.3. The molecule has 38 heavy (non-hydrogen) atoms. The van der Waals surface area contributed by atoms with E-state index in [1.165, 1.54) is 0 Å². The number of fused-ring (bicyclic) bond motifs is 2. The molecule has 1 heterocycles. The van der Waals surface area contributed by atoms with E-state index in [0.717, 1.165) is 23.6 Å². The van der Waals surface area contributed by atoms with Gasteiger partial charge in [-0.2, -0.15) is 0 Å². The van der Waals surface area contributed by atoms with Crippen LogP contribution in [-0.2, 0) is 19.1 Å². The molecule has 4 rings (SSSR count). The number of hydrogen-bond donors (Lipinski definition) is 2. The molecule has 2 aromatic carbocycles. The molecule has 0 aromatic heterocycles. The van der Waals surface area contributed by atoms with Gasteiger partial charge in [0.05, 0.1) is 31.1 Å². The highest BCUT2D eigenvalue weighted by Crippen LogP contribution is 2.47. The summed E-state index contributed by atoms with van der Waals surface area (Å²) in [6, 6.07) is 12.3.